The normalized spacial score (nSPS) is 19.2. The average Bonchev–Trinajstić information content (AvgIpc) is 2.68. The predicted octanol–water partition coefficient (Wildman–Crippen LogP) is 4.19. The van der Waals surface area contributed by atoms with Crippen LogP contribution < -0.4 is 5.73 Å². The number of carboxylic acid groups (broad SMARTS) is 1. The Hall–Kier alpha value is -1.57. The van der Waals surface area contributed by atoms with Gasteiger partial charge < -0.3 is 20.9 Å². The van der Waals surface area contributed by atoms with Crippen LogP contribution in [0.1, 0.15) is 37.7 Å². The average molecular weight is 468 g/mol. The topological polar surface area (TPSA) is 104 Å². The van der Waals surface area contributed by atoms with E-state index in [0.29, 0.717) is 25.2 Å². The molecule has 0 aromatic heterocycles. The number of unbranched alkanes of at least 4 members (excludes halogenated alkanes) is 1. The Labute approximate surface area is 197 Å². The molecule has 1 aliphatic rings. The largest absolute Gasteiger partial charge is 0.480 e. The molecule has 0 bridgehead atoms. The molecular weight excluding hydrogens is 436 g/mol. The third-order valence-electron chi connectivity index (χ3n) is 6.25. The van der Waals surface area contributed by atoms with Gasteiger partial charge in [-0.1, -0.05) is 67.4 Å². The second-order valence-electron chi connectivity index (χ2n) is 8.37. The van der Waals surface area contributed by atoms with Crippen LogP contribution in [0.25, 0.3) is 11.1 Å². The van der Waals surface area contributed by atoms with Gasteiger partial charge in [0.15, 0.2) is 0 Å². The van der Waals surface area contributed by atoms with Crippen LogP contribution in [0.5, 0.6) is 0 Å². The molecule has 2 aromatic rings. The zero-order valence-corrected chi connectivity index (χ0v) is 19.2. The van der Waals surface area contributed by atoms with Crippen molar-refractivity contribution in [3.63, 3.8) is 0 Å². The summed E-state index contributed by atoms with van der Waals surface area (Å²) in [6, 6.07) is 18.9. The van der Waals surface area contributed by atoms with Gasteiger partial charge in [0, 0.05) is 0 Å². The molecule has 1 saturated carbocycles. The summed E-state index contributed by atoms with van der Waals surface area (Å²) < 4.78 is 0. The molecule has 1 fully saturated rings. The fourth-order valence-electron chi connectivity index (χ4n) is 4.35. The van der Waals surface area contributed by atoms with Crippen LogP contribution in [0, 0.1) is 11.8 Å². The van der Waals surface area contributed by atoms with E-state index in [-0.39, 0.29) is 37.1 Å². The number of rotatable bonds is 10. The van der Waals surface area contributed by atoms with Crippen LogP contribution in [0.2, 0.25) is 6.32 Å². The van der Waals surface area contributed by atoms with E-state index in [4.69, 9.17) is 15.8 Å². The zero-order valence-electron chi connectivity index (χ0n) is 17.5. The van der Waals surface area contributed by atoms with Crippen LogP contribution in [0.3, 0.4) is 0 Å². The van der Waals surface area contributed by atoms with E-state index in [1.807, 2.05) is 18.2 Å². The van der Waals surface area contributed by atoms with Gasteiger partial charge in [-0.05, 0) is 60.5 Å². The van der Waals surface area contributed by atoms with Crippen molar-refractivity contribution >= 4 is 37.9 Å². The second-order valence-corrected chi connectivity index (χ2v) is 8.37. The number of benzene rings is 2. The van der Waals surface area contributed by atoms with Gasteiger partial charge in [0.25, 0.3) is 0 Å². The summed E-state index contributed by atoms with van der Waals surface area (Å²) in [6.07, 6.45) is 4.37. The number of halogens is 2. The molecule has 170 valence electrons. The van der Waals surface area contributed by atoms with Gasteiger partial charge in [-0.2, -0.15) is 0 Å². The molecule has 0 radical (unpaired) electrons. The van der Waals surface area contributed by atoms with E-state index in [1.165, 1.54) is 16.7 Å². The van der Waals surface area contributed by atoms with E-state index in [1.54, 1.807) is 0 Å². The van der Waals surface area contributed by atoms with Gasteiger partial charge >= 0.3 is 13.1 Å². The molecule has 8 heteroatoms. The van der Waals surface area contributed by atoms with Crippen LogP contribution in [0.4, 0.5) is 0 Å². The van der Waals surface area contributed by atoms with Crippen molar-refractivity contribution in [2.45, 2.75) is 50.4 Å². The maximum absolute atomic E-state index is 11.8. The Morgan fingerprint density at radius 2 is 1.55 bits per heavy atom. The Bertz CT molecular complexity index is 801. The molecule has 5 N–H and O–H groups in total. The minimum Gasteiger partial charge on any atom is -0.480 e. The molecule has 0 heterocycles. The van der Waals surface area contributed by atoms with Crippen molar-refractivity contribution in [3.8, 4) is 11.1 Å². The van der Waals surface area contributed by atoms with Crippen molar-refractivity contribution in [1.29, 1.82) is 0 Å². The van der Waals surface area contributed by atoms with Gasteiger partial charge in [-0.3, -0.25) is 4.79 Å². The fourth-order valence-corrected chi connectivity index (χ4v) is 4.35. The van der Waals surface area contributed by atoms with Crippen molar-refractivity contribution in [3.05, 3.63) is 60.2 Å². The SMILES string of the molecule is Cl.Cl.NC(CCCCB(O)O)(C(=O)O)[C@H]1C[C@@H](Cc2ccc(-c3ccccc3)cc2)C1. The smallest absolute Gasteiger partial charge is 0.451 e. The van der Waals surface area contributed by atoms with Gasteiger partial charge in [0.2, 0.25) is 0 Å². The lowest BCUT2D eigenvalue weighted by atomic mass is 9.62. The summed E-state index contributed by atoms with van der Waals surface area (Å²) in [5, 5.41) is 27.5. The lowest BCUT2D eigenvalue weighted by Gasteiger charge is -2.45. The monoisotopic (exact) mass is 467 g/mol. The lowest BCUT2D eigenvalue weighted by Crippen LogP contribution is -2.58. The molecule has 2 aromatic carbocycles. The van der Waals surface area contributed by atoms with Crippen molar-refractivity contribution < 1.29 is 19.9 Å². The molecule has 31 heavy (non-hydrogen) atoms. The van der Waals surface area contributed by atoms with Crippen LogP contribution in [-0.4, -0.2) is 33.8 Å². The molecule has 1 unspecified atom stereocenters. The summed E-state index contributed by atoms with van der Waals surface area (Å²) in [5.41, 5.74) is 8.73. The Morgan fingerprint density at radius 1 is 0.968 bits per heavy atom. The Morgan fingerprint density at radius 3 is 2.10 bits per heavy atom. The van der Waals surface area contributed by atoms with E-state index < -0.39 is 18.6 Å². The van der Waals surface area contributed by atoms with Crippen molar-refractivity contribution in [2.75, 3.05) is 0 Å². The van der Waals surface area contributed by atoms with E-state index in [0.717, 1.165) is 19.3 Å². The third-order valence-corrected chi connectivity index (χ3v) is 6.25. The number of nitrogens with two attached hydrogens (primary N) is 1. The molecule has 1 aliphatic carbocycles. The number of carboxylic acids is 1. The standard InChI is InChI=1S/C23H30BNO4.2ClH/c25-23(22(26)27,12-4-5-13-24(28)29)21-15-18(16-21)14-17-8-10-20(11-9-17)19-6-2-1-3-7-19;;/h1-3,6-11,18,21,28-29H,4-5,12-16,25H2,(H,26,27);2*1H/t18-,21+,23?;;. The number of hydrogen-bond donors (Lipinski definition) is 4. The van der Waals surface area contributed by atoms with Crippen molar-refractivity contribution in [1.82, 2.24) is 0 Å². The third kappa shape index (κ3) is 7.23. The van der Waals surface area contributed by atoms with Crippen LogP contribution >= 0.6 is 24.8 Å². The summed E-state index contributed by atoms with van der Waals surface area (Å²) in [4.78, 5) is 11.8. The highest BCUT2D eigenvalue weighted by molar-refractivity contribution is 6.40. The molecule has 0 aliphatic heterocycles. The molecule has 0 saturated heterocycles. The highest BCUT2D eigenvalue weighted by Crippen LogP contribution is 2.44. The first kappa shape index (κ1) is 27.5. The molecule has 1 atom stereocenters. The highest BCUT2D eigenvalue weighted by Gasteiger charge is 2.47. The number of aliphatic carboxylic acids is 1. The van der Waals surface area contributed by atoms with E-state index >= 15 is 0 Å². The fraction of sp³-hybridized carbons (Fsp3) is 0.435. The zero-order chi connectivity index (χ0) is 20.9. The second kappa shape index (κ2) is 12.5. The van der Waals surface area contributed by atoms with Crippen LogP contribution in [-0.2, 0) is 11.2 Å². The maximum Gasteiger partial charge on any atom is 0.451 e. The van der Waals surface area contributed by atoms with E-state index in [2.05, 4.69) is 36.4 Å². The van der Waals surface area contributed by atoms with Crippen molar-refractivity contribution in [2.24, 2.45) is 17.6 Å². The lowest BCUT2D eigenvalue weighted by molar-refractivity contribution is -0.148. The summed E-state index contributed by atoms with van der Waals surface area (Å²) in [7, 11) is -1.34. The molecular formula is C23H32BCl2NO4. The quantitative estimate of drug-likeness (QED) is 0.309. The molecule has 3 rings (SSSR count). The van der Waals surface area contributed by atoms with Gasteiger partial charge in [-0.15, -0.1) is 24.8 Å². The summed E-state index contributed by atoms with van der Waals surface area (Å²) in [6.45, 7) is 0. The molecule has 0 amide bonds. The number of carbonyl (C=O) groups is 1. The molecule has 0 spiro atoms. The highest BCUT2D eigenvalue weighted by atomic mass is 35.5. The first-order valence-corrected chi connectivity index (χ1v) is 10.4. The van der Waals surface area contributed by atoms with E-state index in [9.17, 15) is 9.90 Å². The molecule has 5 nitrogen and oxygen atoms in total. The van der Waals surface area contributed by atoms with Crippen LogP contribution in [0.15, 0.2) is 54.6 Å². The van der Waals surface area contributed by atoms with Gasteiger partial charge in [0.1, 0.15) is 5.54 Å². The van der Waals surface area contributed by atoms with Gasteiger partial charge in [0.05, 0.1) is 0 Å². The minimum atomic E-state index is -1.34. The first-order chi connectivity index (χ1) is 13.9. The first-order valence-electron chi connectivity index (χ1n) is 10.4. The predicted molar refractivity (Wildman–Crippen MR) is 130 cm³/mol. The Kier molecular flexibility index (Phi) is 11.0. The summed E-state index contributed by atoms with van der Waals surface area (Å²) in [5.74, 6) is -0.505. The minimum absolute atomic E-state index is 0. The number of hydrogen-bond acceptors (Lipinski definition) is 4. The summed E-state index contributed by atoms with van der Waals surface area (Å²) >= 11 is 0. The Balaban J connectivity index is 0.00000240. The maximum atomic E-state index is 11.8. The van der Waals surface area contributed by atoms with Gasteiger partial charge in [-0.25, -0.2) is 0 Å².